The van der Waals surface area contributed by atoms with E-state index in [1.807, 2.05) is 0 Å². The highest BCUT2D eigenvalue weighted by atomic mass is 19.4. The second-order valence-electron chi connectivity index (χ2n) is 5.16. The summed E-state index contributed by atoms with van der Waals surface area (Å²) in [6, 6.07) is 9.83. The Morgan fingerprint density at radius 1 is 1.04 bits per heavy atom. The zero-order valence-corrected chi connectivity index (χ0v) is 12.1. The normalized spacial score (nSPS) is 14.1. The largest absolute Gasteiger partial charge is 0.478 e. The molecule has 2 rings (SSSR count). The number of carboxylic acids is 1. The monoisotopic (exact) mass is 325 g/mol. The van der Waals surface area contributed by atoms with Crippen molar-refractivity contribution < 1.29 is 28.2 Å². The molecule has 23 heavy (non-hydrogen) atoms. The molecule has 4 nitrogen and oxygen atoms in total. The van der Waals surface area contributed by atoms with Gasteiger partial charge in [-0.3, -0.25) is 0 Å². The van der Waals surface area contributed by atoms with Crippen LogP contribution in [0.25, 0.3) is 0 Å². The van der Waals surface area contributed by atoms with Crippen LogP contribution in [0.2, 0.25) is 0 Å². The van der Waals surface area contributed by atoms with Gasteiger partial charge in [-0.25, -0.2) is 4.79 Å². The van der Waals surface area contributed by atoms with E-state index in [9.17, 15) is 23.1 Å². The first-order chi connectivity index (χ1) is 10.6. The van der Waals surface area contributed by atoms with Gasteiger partial charge >= 0.3 is 12.1 Å². The van der Waals surface area contributed by atoms with Gasteiger partial charge in [0, 0.05) is 11.3 Å². The van der Waals surface area contributed by atoms with Gasteiger partial charge in [-0.15, -0.1) is 0 Å². The van der Waals surface area contributed by atoms with Crippen molar-refractivity contribution in [1.82, 2.24) is 0 Å². The van der Waals surface area contributed by atoms with Gasteiger partial charge in [0.05, 0.1) is 11.1 Å². The molecule has 0 aromatic heterocycles. The number of nitrogens with one attached hydrogen (secondary N) is 1. The van der Waals surface area contributed by atoms with Crippen LogP contribution in [0, 0.1) is 0 Å². The molecule has 0 radical (unpaired) electrons. The summed E-state index contributed by atoms with van der Waals surface area (Å²) in [5.74, 6) is -1.12. The first kappa shape index (κ1) is 16.8. The Labute approximate surface area is 130 Å². The van der Waals surface area contributed by atoms with Crippen molar-refractivity contribution in [3.05, 3.63) is 65.2 Å². The molecule has 2 aromatic rings. The van der Waals surface area contributed by atoms with E-state index in [0.717, 1.165) is 24.3 Å². The fourth-order valence-corrected chi connectivity index (χ4v) is 2.07. The number of benzene rings is 2. The molecule has 0 saturated carbocycles. The molecule has 0 amide bonds. The van der Waals surface area contributed by atoms with Crippen LogP contribution in [0.3, 0.4) is 0 Å². The van der Waals surface area contributed by atoms with Crippen molar-refractivity contribution in [3.63, 3.8) is 0 Å². The van der Waals surface area contributed by atoms with Crippen molar-refractivity contribution in [2.24, 2.45) is 0 Å². The maximum atomic E-state index is 12.5. The minimum Gasteiger partial charge on any atom is -0.478 e. The molecule has 1 unspecified atom stereocenters. The van der Waals surface area contributed by atoms with Gasteiger partial charge in [0.1, 0.15) is 0 Å². The summed E-state index contributed by atoms with van der Waals surface area (Å²) in [5.41, 5.74) is -1.91. The molecule has 0 bridgehead atoms. The first-order valence-corrected chi connectivity index (χ1v) is 6.61. The maximum absolute atomic E-state index is 12.5. The van der Waals surface area contributed by atoms with Crippen LogP contribution < -0.4 is 5.32 Å². The number of anilines is 1. The van der Waals surface area contributed by atoms with Crippen molar-refractivity contribution in [1.29, 1.82) is 0 Å². The number of carboxylic acid groups (broad SMARTS) is 1. The van der Waals surface area contributed by atoms with Crippen molar-refractivity contribution in [3.8, 4) is 0 Å². The Hall–Kier alpha value is -2.54. The molecule has 0 spiro atoms. The van der Waals surface area contributed by atoms with Crippen molar-refractivity contribution in [2.45, 2.75) is 18.8 Å². The second kappa shape index (κ2) is 5.92. The van der Waals surface area contributed by atoms with E-state index in [1.165, 1.54) is 25.1 Å². The summed E-state index contributed by atoms with van der Waals surface area (Å²) in [5, 5.41) is 22.1. The number of hydrogen-bond acceptors (Lipinski definition) is 3. The minimum absolute atomic E-state index is 0.0261. The van der Waals surface area contributed by atoms with E-state index >= 15 is 0 Å². The van der Waals surface area contributed by atoms with E-state index in [1.54, 1.807) is 6.07 Å². The predicted molar refractivity (Wildman–Crippen MR) is 78.0 cm³/mol. The van der Waals surface area contributed by atoms with E-state index in [0.29, 0.717) is 5.69 Å². The number of halogens is 3. The molecule has 0 aliphatic carbocycles. The Morgan fingerprint density at radius 2 is 1.61 bits per heavy atom. The maximum Gasteiger partial charge on any atom is 0.416 e. The molecule has 2 aromatic carbocycles. The van der Waals surface area contributed by atoms with Gasteiger partial charge in [0.25, 0.3) is 0 Å². The lowest BCUT2D eigenvalue weighted by atomic mass is 10.0. The fraction of sp³-hybridized carbons (Fsp3) is 0.188. The van der Waals surface area contributed by atoms with Crippen LogP contribution in [0.15, 0.2) is 48.5 Å². The SMILES string of the molecule is CC(O)(Nc1cccc(C(=O)O)c1)c1ccc(C(F)(F)F)cc1. The summed E-state index contributed by atoms with van der Waals surface area (Å²) in [4.78, 5) is 10.9. The van der Waals surface area contributed by atoms with E-state index in [2.05, 4.69) is 5.32 Å². The Morgan fingerprint density at radius 3 is 2.13 bits per heavy atom. The summed E-state index contributed by atoms with van der Waals surface area (Å²) >= 11 is 0. The van der Waals surface area contributed by atoms with Crippen LogP contribution in [0.4, 0.5) is 18.9 Å². The lowest BCUT2D eigenvalue weighted by molar-refractivity contribution is -0.137. The molecule has 1 atom stereocenters. The molecular weight excluding hydrogens is 311 g/mol. The lowest BCUT2D eigenvalue weighted by Gasteiger charge is -2.27. The minimum atomic E-state index is -4.45. The molecule has 3 N–H and O–H groups in total. The molecular formula is C16H14F3NO3. The third kappa shape index (κ3) is 4.01. The third-order valence-electron chi connectivity index (χ3n) is 3.27. The summed E-state index contributed by atoms with van der Waals surface area (Å²) in [7, 11) is 0. The van der Waals surface area contributed by atoms with Gasteiger partial charge in [-0.1, -0.05) is 18.2 Å². The smallest absolute Gasteiger partial charge is 0.416 e. The number of aliphatic hydroxyl groups is 1. The summed E-state index contributed by atoms with van der Waals surface area (Å²) in [6.45, 7) is 1.36. The fourth-order valence-electron chi connectivity index (χ4n) is 2.07. The van der Waals surface area contributed by atoms with E-state index < -0.39 is 23.4 Å². The number of alkyl halides is 3. The van der Waals surface area contributed by atoms with Gasteiger partial charge < -0.3 is 15.5 Å². The lowest BCUT2D eigenvalue weighted by Crippen LogP contribution is -2.31. The second-order valence-corrected chi connectivity index (χ2v) is 5.16. The molecule has 0 heterocycles. The Bertz CT molecular complexity index is 709. The van der Waals surface area contributed by atoms with E-state index in [4.69, 9.17) is 5.11 Å². The number of rotatable bonds is 4. The molecule has 7 heteroatoms. The highest BCUT2D eigenvalue weighted by molar-refractivity contribution is 5.88. The quantitative estimate of drug-likeness (QED) is 0.750. The molecule has 0 fully saturated rings. The van der Waals surface area contributed by atoms with Crippen LogP contribution in [-0.2, 0) is 11.9 Å². The summed E-state index contributed by atoms with van der Waals surface area (Å²) in [6.07, 6.45) is -4.45. The average molecular weight is 325 g/mol. The number of hydrogen-bond donors (Lipinski definition) is 3. The van der Waals surface area contributed by atoms with Crippen LogP contribution >= 0.6 is 0 Å². The molecule has 0 saturated heterocycles. The van der Waals surface area contributed by atoms with Crippen LogP contribution in [0.5, 0.6) is 0 Å². The van der Waals surface area contributed by atoms with Gasteiger partial charge in [-0.2, -0.15) is 13.2 Å². The molecule has 0 aliphatic heterocycles. The van der Waals surface area contributed by atoms with Crippen LogP contribution in [-0.4, -0.2) is 16.2 Å². The van der Waals surface area contributed by atoms with Gasteiger partial charge in [0.2, 0.25) is 0 Å². The predicted octanol–water partition coefficient (Wildman–Crippen LogP) is 3.68. The highest BCUT2D eigenvalue weighted by Crippen LogP contribution is 2.31. The number of aromatic carboxylic acids is 1. The van der Waals surface area contributed by atoms with Gasteiger partial charge in [0.15, 0.2) is 5.72 Å². The number of carbonyl (C=O) groups is 1. The van der Waals surface area contributed by atoms with Crippen molar-refractivity contribution >= 4 is 11.7 Å². The standard InChI is InChI=1S/C16H14F3NO3/c1-15(23,11-5-7-12(8-6-11)16(17,18)19)20-13-4-2-3-10(9-13)14(21)22/h2-9,20,23H,1H3,(H,21,22). The Balaban J connectivity index is 2.24. The zero-order chi connectivity index (χ0) is 17.3. The third-order valence-corrected chi connectivity index (χ3v) is 3.27. The molecule has 122 valence electrons. The van der Waals surface area contributed by atoms with Crippen molar-refractivity contribution in [2.75, 3.05) is 5.32 Å². The van der Waals surface area contributed by atoms with Crippen LogP contribution in [0.1, 0.15) is 28.4 Å². The average Bonchev–Trinajstić information content (AvgIpc) is 2.46. The zero-order valence-electron chi connectivity index (χ0n) is 12.1. The topological polar surface area (TPSA) is 69.6 Å². The van der Waals surface area contributed by atoms with Gasteiger partial charge in [-0.05, 0) is 37.3 Å². The Kier molecular flexibility index (Phi) is 4.33. The molecule has 0 aliphatic rings. The first-order valence-electron chi connectivity index (χ1n) is 6.61. The summed E-state index contributed by atoms with van der Waals surface area (Å²) < 4.78 is 37.6. The van der Waals surface area contributed by atoms with E-state index in [-0.39, 0.29) is 11.1 Å². The highest BCUT2D eigenvalue weighted by Gasteiger charge is 2.31.